The monoisotopic (exact) mass is 412 g/mol. The van der Waals surface area contributed by atoms with Gasteiger partial charge in [0.1, 0.15) is 16.8 Å². The lowest BCUT2D eigenvalue weighted by Crippen LogP contribution is -2.21. The Labute approximate surface area is 174 Å². The smallest absolute Gasteiger partial charge is 0.309 e. The van der Waals surface area contributed by atoms with E-state index in [2.05, 4.69) is 18.3 Å². The van der Waals surface area contributed by atoms with E-state index in [0.29, 0.717) is 22.2 Å². The molecule has 1 heterocycles. The Morgan fingerprint density at radius 2 is 2.07 bits per heavy atom. The number of benzene rings is 1. The van der Waals surface area contributed by atoms with E-state index >= 15 is 0 Å². The maximum Gasteiger partial charge on any atom is 0.309 e. The number of carbonyl (C=O) groups excluding carboxylic acids is 2. The van der Waals surface area contributed by atoms with Gasteiger partial charge in [-0.05, 0) is 49.8 Å². The summed E-state index contributed by atoms with van der Waals surface area (Å²) in [5.74, 6) is 0.313. The molecule has 1 aromatic carbocycles. The molecule has 0 saturated carbocycles. The van der Waals surface area contributed by atoms with Gasteiger partial charge < -0.3 is 14.8 Å². The lowest BCUT2D eigenvalue weighted by molar-refractivity contribution is -0.147. The molecule has 0 fully saturated rings. The number of nitrogens with zero attached hydrogens (tertiary/aromatic N) is 1. The van der Waals surface area contributed by atoms with Crippen LogP contribution in [0.4, 0.5) is 5.00 Å². The van der Waals surface area contributed by atoms with Gasteiger partial charge in [-0.1, -0.05) is 24.6 Å². The second-order valence-corrected chi connectivity index (χ2v) is 8.39. The van der Waals surface area contributed by atoms with Crippen LogP contribution in [0.5, 0.6) is 5.75 Å². The zero-order valence-electron chi connectivity index (χ0n) is 16.6. The number of thiophene rings is 1. The minimum absolute atomic E-state index is 0.0514. The average molecular weight is 413 g/mol. The lowest BCUT2D eigenvalue weighted by Gasteiger charge is -2.17. The minimum Gasteiger partial charge on any atom is -0.493 e. The van der Waals surface area contributed by atoms with Crippen molar-refractivity contribution >= 4 is 28.2 Å². The number of hydrogen-bond donors (Lipinski definition) is 1. The number of aryl methyl sites for hydroxylation is 1. The molecule has 1 atom stereocenters. The van der Waals surface area contributed by atoms with E-state index in [1.54, 1.807) is 0 Å². The van der Waals surface area contributed by atoms with Crippen molar-refractivity contribution in [1.29, 1.82) is 5.26 Å². The highest BCUT2D eigenvalue weighted by Crippen LogP contribution is 2.39. The molecule has 0 unspecified atom stereocenters. The van der Waals surface area contributed by atoms with E-state index < -0.39 is 11.9 Å². The highest BCUT2D eigenvalue weighted by molar-refractivity contribution is 7.16. The van der Waals surface area contributed by atoms with Crippen molar-refractivity contribution in [3.8, 4) is 11.8 Å². The van der Waals surface area contributed by atoms with Gasteiger partial charge in [0.05, 0.1) is 18.6 Å². The van der Waals surface area contributed by atoms with E-state index in [1.807, 2.05) is 31.2 Å². The zero-order valence-corrected chi connectivity index (χ0v) is 17.4. The van der Waals surface area contributed by atoms with Crippen molar-refractivity contribution < 1.29 is 19.1 Å². The molecule has 1 N–H and O–H groups in total. The number of fused-ring (bicyclic) bond motifs is 1. The van der Waals surface area contributed by atoms with Crippen LogP contribution in [0.1, 0.15) is 41.3 Å². The van der Waals surface area contributed by atoms with Crippen LogP contribution in [0.3, 0.4) is 0 Å². The number of amides is 1. The SMILES string of the molecule is Cc1ccc(OCCC(=O)OCC(=O)Nc2sc3c(c2C#N)CC[C@@H](C)C3)cc1. The van der Waals surface area contributed by atoms with Crippen LogP contribution in [0.2, 0.25) is 0 Å². The Bertz CT molecular complexity index is 928. The Morgan fingerprint density at radius 3 is 2.79 bits per heavy atom. The first-order valence-corrected chi connectivity index (χ1v) is 10.5. The molecular formula is C22H24N2O4S. The van der Waals surface area contributed by atoms with Crippen LogP contribution in [0.15, 0.2) is 24.3 Å². The van der Waals surface area contributed by atoms with Crippen LogP contribution in [-0.2, 0) is 27.2 Å². The van der Waals surface area contributed by atoms with Crippen molar-refractivity contribution in [3.05, 3.63) is 45.8 Å². The first kappa shape index (κ1) is 20.9. The molecular weight excluding hydrogens is 388 g/mol. The molecule has 3 rings (SSSR count). The van der Waals surface area contributed by atoms with Gasteiger partial charge in [-0.15, -0.1) is 11.3 Å². The molecule has 0 saturated heterocycles. The standard InChI is InChI=1S/C22H24N2O4S/c1-14-3-6-16(7-4-14)27-10-9-21(26)28-13-20(25)24-22-18(12-23)17-8-5-15(2)11-19(17)29-22/h3-4,6-7,15H,5,8-11,13H2,1-2H3,(H,24,25)/t15-/m1/s1. The van der Waals surface area contributed by atoms with Gasteiger partial charge in [0.2, 0.25) is 0 Å². The number of carbonyl (C=O) groups is 2. The van der Waals surface area contributed by atoms with Gasteiger partial charge in [0.25, 0.3) is 5.91 Å². The summed E-state index contributed by atoms with van der Waals surface area (Å²) in [7, 11) is 0. The number of hydrogen-bond acceptors (Lipinski definition) is 6. The van der Waals surface area contributed by atoms with E-state index in [-0.39, 0.29) is 19.6 Å². The predicted octanol–water partition coefficient (Wildman–Crippen LogP) is 4.00. The van der Waals surface area contributed by atoms with E-state index in [4.69, 9.17) is 9.47 Å². The summed E-state index contributed by atoms with van der Waals surface area (Å²) in [5, 5.41) is 12.7. The number of nitrogens with one attached hydrogen (secondary N) is 1. The molecule has 152 valence electrons. The minimum atomic E-state index is -0.507. The molecule has 0 bridgehead atoms. The zero-order chi connectivity index (χ0) is 20.8. The van der Waals surface area contributed by atoms with Crippen molar-refractivity contribution in [2.75, 3.05) is 18.5 Å². The van der Waals surface area contributed by atoms with Gasteiger partial charge in [-0.25, -0.2) is 0 Å². The third-order valence-corrected chi connectivity index (χ3v) is 6.01. The van der Waals surface area contributed by atoms with Gasteiger partial charge in [-0.2, -0.15) is 5.26 Å². The fourth-order valence-electron chi connectivity index (χ4n) is 3.22. The van der Waals surface area contributed by atoms with Gasteiger partial charge in [0, 0.05) is 4.88 Å². The summed E-state index contributed by atoms with van der Waals surface area (Å²) < 4.78 is 10.5. The Balaban J connectivity index is 1.44. The number of ether oxygens (including phenoxy) is 2. The summed E-state index contributed by atoms with van der Waals surface area (Å²) in [6, 6.07) is 9.73. The van der Waals surface area contributed by atoms with E-state index in [9.17, 15) is 14.9 Å². The third-order valence-electron chi connectivity index (χ3n) is 4.84. The molecule has 29 heavy (non-hydrogen) atoms. The summed E-state index contributed by atoms with van der Waals surface area (Å²) in [6.45, 7) is 3.97. The van der Waals surface area contributed by atoms with Crippen LogP contribution in [0, 0.1) is 24.2 Å². The molecule has 1 aliphatic rings. The number of esters is 1. The summed E-state index contributed by atoms with van der Waals surface area (Å²) in [6.07, 6.45) is 2.89. The fraction of sp³-hybridized carbons (Fsp3) is 0.409. The van der Waals surface area contributed by atoms with Crippen molar-refractivity contribution in [1.82, 2.24) is 0 Å². The second kappa shape index (κ2) is 9.57. The Kier molecular flexibility index (Phi) is 6.89. The number of anilines is 1. The van der Waals surface area contributed by atoms with E-state index in [1.165, 1.54) is 16.2 Å². The van der Waals surface area contributed by atoms with Crippen LogP contribution in [0.25, 0.3) is 0 Å². The molecule has 6 nitrogen and oxygen atoms in total. The molecule has 0 spiro atoms. The molecule has 0 radical (unpaired) electrons. The normalized spacial score (nSPS) is 15.1. The first-order valence-electron chi connectivity index (χ1n) is 9.66. The van der Waals surface area contributed by atoms with Crippen molar-refractivity contribution in [3.63, 3.8) is 0 Å². The molecule has 0 aliphatic heterocycles. The van der Waals surface area contributed by atoms with Gasteiger partial charge in [0.15, 0.2) is 6.61 Å². The van der Waals surface area contributed by atoms with Crippen LogP contribution >= 0.6 is 11.3 Å². The maximum atomic E-state index is 12.2. The molecule has 2 aromatic rings. The molecule has 1 amide bonds. The summed E-state index contributed by atoms with van der Waals surface area (Å²) in [5.41, 5.74) is 2.72. The van der Waals surface area contributed by atoms with Crippen molar-refractivity contribution in [2.45, 2.75) is 39.5 Å². The lowest BCUT2D eigenvalue weighted by atomic mass is 9.89. The highest BCUT2D eigenvalue weighted by Gasteiger charge is 2.24. The number of nitriles is 1. The fourth-order valence-corrected chi connectivity index (χ4v) is 4.60. The predicted molar refractivity (Wildman–Crippen MR) is 111 cm³/mol. The van der Waals surface area contributed by atoms with Gasteiger partial charge >= 0.3 is 5.97 Å². The Morgan fingerprint density at radius 1 is 1.31 bits per heavy atom. The first-order chi connectivity index (χ1) is 14.0. The van der Waals surface area contributed by atoms with E-state index in [0.717, 1.165) is 30.4 Å². The quantitative estimate of drug-likeness (QED) is 0.694. The van der Waals surface area contributed by atoms with Crippen LogP contribution in [-0.4, -0.2) is 25.1 Å². The number of rotatable bonds is 7. The highest BCUT2D eigenvalue weighted by atomic mass is 32.1. The van der Waals surface area contributed by atoms with Crippen LogP contribution < -0.4 is 10.1 Å². The topological polar surface area (TPSA) is 88.4 Å². The Hall–Kier alpha value is -2.85. The summed E-state index contributed by atoms with van der Waals surface area (Å²) >= 11 is 1.45. The third kappa shape index (κ3) is 5.58. The average Bonchev–Trinajstić information content (AvgIpc) is 3.03. The molecule has 1 aromatic heterocycles. The second-order valence-electron chi connectivity index (χ2n) is 7.29. The largest absolute Gasteiger partial charge is 0.493 e. The van der Waals surface area contributed by atoms with Gasteiger partial charge in [-0.3, -0.25) is 9.59 Å². The summed E-state index contributed by atoms with van der Waals surface area (Å²) in [4.78, 5) is 25.2. The molecule has 1 aliphatic carbocycles. The molecule has 7 heteroatoms. The van der Waals surface area contributed by atoms with Crippen molar-refractivity contribution in [2.24, 2.45) is 5.92 Å². The maximum absolute atomic E-state index is 12.2.